The molecule has 2 rings (SSSR count). The summed E-state index contributed by atoms with van der Waals surface area (Å²) >= 11 is 3.31. The van der Waals surface area contributed by atoms with Crippen LogP contribution in [-0.2, 0) is 9.59 Å². The molecule has 0 aromatic carbocycles. The van der Waals surface area contributed by atoms with Gasteiger partial charge in [0.05, 0.1) is 4.83 Å². The normalized spacial score (nSPS) is 33.4. The van der Waals surface area contributed by atoms with Gasteiger partial charge in [-0.1, -0.05) is 15.9 Å². The summed E-state index contributed by atoms with van der Waals surface area (Å²) in [4.78, 5) is 24.8. The van der Waals surface area contributed by atoms with Crippen molar-refractivity contribution in [2.75, 3.05) is 13.1 Å². The maximum absolute atomic E-state index is 11.6. The molecule has 2 atom stereocenters. The molecule has 0 saturated carbocycles. The lowest BCUT2D eigenvalue weighted by Gasteiger charge is -2.30. The van der Waals surface area contributed by atoms with Crippen molar-refractivity contribution >= 4 is 27.7 Å². The number of carbonyl (C=O) groups excluding carboxylic acids is 2. The van der Waals surface area contributed by atoms with Crippen molar-refractivity contribution in [2.45, 2.75) is 30.1 Å². The van der Waals surface area contributed by atoms with Crippen molar-refractivity contribution in [1.29, 1.82) is 0 Å². The number of alkyl halides is 1. The third-order valence-electron chi connectivity index (χ3n) is 2.81. The summed E-state index contributed by atoms with van der Waals surface area (Å²) < 4.78 is 0. The summed E-state index contributed by atoms with van der Waals surface area (Å²) in [5.41, 5.74) is 0. The van der Waals surface area contributed by atoms with Crippen LogP contribution in [0.15, 0.2) is 0 Å². The Kier molecular flexibility index (Phi) is 2.76. The lowest BCUT2D eigenvalue weighted by molar-refractivity contribution is -0.138. The van der Waals surface area contributed by atoms with Gasteiger partial charge in [0.25, 0.3) is 0 Å². The van der Waals surface area contributed by atoms with Gasteiger partial charge < -0.3 is 10.2 Å². The Bertz CT molecular complexity index is 268. The summed E-state index contributed by atoms with van der Waals surface area (Å²) in [7, 11) is 0. The minimum absolute atomic E-state index is 0.00574. The largest absolute Gasteiger partial charge is 0.354 e. The Morgan fingerprint density at radius 1 is 1.36 bits per heavy atom. The predicted molar refractivity (Wildman–Crippen MR) is 55.1 cm³/mol. The van der Waals surface area contributed by atoms with Gasteiger partial charge in [0.15, 0.2) is 0 Å². The average molecular weight is 261 g/mol. The van der Waals surface area contributed by atoms with Crippen LogP contribution in [0.3, 0.4) is 0 Å². The lowest BCUT2D eigenvalue weighted by atomic mass is 10.1. The molecule has 1 N–H and O–H groups in total. The van der Waals surface area contributed by atoms with Crippen LogP contribution in [0.25, 0.3) is 0 Å². The van der Waals surface area contributed by atoms with Gasteiger partial charge in [-0.25, -0.2) is 0 Å². The molecule has 0 aromatic rings. The van der Waals surface area contributed by atoms with Crippen molar-refractivity contribution in [1.82, 2.24) is 10.2 Å². The average Bonchev–Trinajstić information content (AvgIpc) is 2.49. The molecule has 14 heavy (non-hydrogen) atoms. The first-order chi connectivity index (χ1) is 6.70. The molecule has 2 saturated heterocycles. The third kappa shape index (κ3) is 1.65. The first kappa shape index (κ1) is 9.96. The molecule has 2 heterocycles. The molecular formula is C9H13BrN2O2. The van der Waals surface area contributed by atoms with E-state index in [0.29, 0.717) is 6.54 Å². The van der Waals surface area contributed by atoms with E-state index in [0.717, 1.165) is 25.8 Å². The van der Waals surface area contributed by atoms with E-state index < -0.39 is 0 Å². The SMILES string of the molecule is O=C1NCCCC1N1CCC(Br)C1=O. The topological polar surface area (TPSA) is 49.4 Å². The minimum Gasteiger partial charge on any atom is -0.354 e. The second-order valence-electron chi connectivity index (χ2n) is 3.74. The van der Waals surface area contributed by atoms with E-state index in [9.17, 15) is 9.59 Å². The molecule has 78 valence electrons. The van der Waals surface area contributed by atoms with Crippen molar-refractivity contribution in [3.05, 3.63) is 0 Å². The van der Waals surface area contributed by atoms with E-state index in [1.54, 1.807) is 4.90 Å². The smallest absolute Gasteiger partial charge is 0.242 e. The van der Waals surface area contributed by atoms with Crippen LogP contribution in [0.2, 0.25) is 0 Å². The van der Waals surface area contributed by atoms with E-state index in [1.807, 2.05) is 0 Å². The van der Waals surface area contributed by atoms with Crippen LogP contribution >= 0.6 is 15.9 Å². The maximum Gasteiger partial charge on any atom is 0.242 e. The number of likely N-dealkylation sites (tertiary alicyclic amines) is 1. The zero-order valence-corrected chi connectivity index (χ0v) is 9.42. The van der Waals surface area contributed by atoms with E-state index in [1.165, 1.54) is 0 Å². The van der Waals surface area contributed by atoms with Crippen LogP contribution in [0.1, 0.15) is 19.3 Å². The molecule has 2 amide bonds. The van der Waals surface area contributed by atoms with Gasteiger partial charge in [-0.05, 0) is 19.3 Å². The fraction of sp³-hybridized carbons (Fsp3) is 0.778. The standard InChI is InChI=1S/C9H13BrN2O2/c10-6-3-5-12(9(6)14)7-2-1-4-11-8(7)13/h6-7H,1-5H2,(H,11,13). The van der Waals surface area contributed by atoms with Crippen molar-refractivity contribution in [3.63, 3.8) is 0 Å². The zero-order chi connectivity index (χ0) is 10.1. The van der Waals surface area contributed by atoms with E-state index >= 15 is 0 Å². The van der Waals surface area contributed by atoms with Crippen LogP contribution in [0.4, 0.5) is 0 Å². The summed E-state index contributed by atoms with van der Waals surface area (Å²) in [6.07, 6.45) is 2.58. The molecule has 2 fully saturated rings. The van der Waals surface area contributed by atoms with Crippen LogP contribution in [-0.4, -0.2) is 40.7 Å². The molecule has 5 heteroatoms. The molecule has 0 aromatic heterocycles. The second kappa shape index (κ2) is 3.88. The molecule has 0 bridgehead atoms. The highest BCUT2D eigenvalue weighted by atomic mass is 79.9. The number of carbonyl (C=O) groups is 2. The fourth-order valence-corrected chi connectivity index (χ4v) is 2.50. The highest BCUT2D eigenvalue weighted by Crippen LogP contribution is 2.23. The van der Waals surface area contributed by atoms with Gasteiger partial charge in [0, 0.05) is 13.1 Å². The number of amides is 2. The maximum atomic E-state index is 11.6. The van der Waals surface area contributed by atoms with E-state index in [-0.39, 0.29) is 22.7 Å². The van der Waals surface area contributed by atoms with Crippen molar-refractivity contribution in [2.24, 2.45) is 0 Å². The number of halogens is 1. The minimum atomic E-state index is -0.223. The summed E-state index contributed by atoms with van der Waals surface area (Å²) in [6, 6.07) is -0.223. The van der Waals surface area contributed by atoms with Crippen molar-refractivity contribution in [3.8, 4) is 0 Å². The fourth-order valence-electron chi connectivity index (χ4n) is 2.03. The summed E-state index contributed by atoms with van der Waals surface area (Å²) in [6.45, 7) is 1.45. The predicted octanol–water partition coefficient (Wildman–Crippen LogP) is 0.261. The molecule has 2 aliphatic heterocycles. The molecule has 2 aliphatic rings. The molecule has 0 aliphatic carbocycles. The first-order valence-electron chi connectivity index (χ1n) is 4.92. The summed E-state index contributed by atoms with van der Waals surface area (Å²) in [5, 5.41) is 2.80. The quantitative estimate of drug-likeness (QED) is 0.688. The Morgan fingerprint density at radius 2 is 2.14 bits per heavy atom. The van der Waals surface area contributed by atoms with Gasteiger partial charge in [0.2, 0.25) is 11.8 Å². The van der Waals surface area contributed by atoms with Crippen LogP contribution < -0.4 is 5.32 Å². The molecular weight excluding hydrogens is 248 g/mol. The van der Waals surface area contributed by atoms with Gasteiger partial charge >= 0.3 is 0 Å². The van der Waals surface area contributed by atoms with Gasteiger partial charge in [-0.15, -0.1) is 0 Å². The molecule has 0 radical (unpaired) electrons. The van der Waals surface area contributed by atoms with Gasteiger partial charge in [0.1, 0.15) is 6.04 Å². The number of hydrogen-bond acceptors (Lipinski definition) is 2. The molecule has 4 nitrogen and oxygen atoms in total. The third-order valence-corrected chi connectivity index (χ3v) is 3.66. The lowest BCUT2D eigenvalue weighted by Crippen LogP contribution is -2.51. The highest BCUT2D eigenvalue weighted by Gasteiger charge is 2.38. The second-order valence-corrected chi connectivity index (χ2v) is 4.84. The van der Waals surface area contributed by atoms with Crippen molar-refractivity contribution < 1.29 is 9.59 Å². The Morgan fingerprint density at radius 3 is 2.71 bits per heavy atom. The molecule has 2 unspecified atom stereocenters. The van der Waals surface area contributed by atoms with Gasteiger partial charge in [-0.2, -0.15) is 0 Å². The van der Waals surface area contributed by atoms with Gasteiger partial charge in [-0.3, -0.25) is 9.59 Å². The zero-order valence-electron chi connectivity index (χ0n) is 7.83. The number of hydrogen-bond donors (Lipinski definition) is 1. The number of piperidine rings is 1. The first-order valence-corrected chi connectivity index (χ1v) is 5.84. The van der Waals surface area contributed by atoms with Crippen LogP contribution in [0, 0.1) is 0 Å². The number of nitrogens with one attached hydrogen (secondary N) is 1. The summed E-state index contributed by atoms with van der Waals surface area (Å²) in [5.74, 6) is 0.0678. The van der Waals surface area contributed by atoms with E-state index in [4.69, 9.17) is 0 Å². The number of rotatable bonds is 1. The monoisotopic (exact) mass is 260 g/mol. The molecule has 0 spiro atoms. The Hall–Kier alpha value is -0.580. The highest BCUT2D eigenvalue weighted by molar-refractivity contribution is 9.10. The Balaban J connectivity index is 2.07. The van der Waals surface area contributed by atoms with Crippen LogP contribution in [0.5, 0.6) is 0 Å². The van der Waals surface area contributed by atoms with E-state index in [2.05, 4.69) is 21.2 Å². The number of nitrogens with zero attached hydrogens (tertiary/aromatic N) is 1. The Labute approximate surface area is 91.1 Å².